The summed E-state index contributed by atoms with van der Waals surface area (Å²) in [6, 6.07) is 3.39. The molecule has 6 heteroatoms. The number of thioether (sulfide) groups is 1. The summed E-state index contributed by atoms with van der Waals surface area (Å²) in [4.78, 5) is 0. The lowest BCUT2D eigenvalue weighted by Crippen LogP contribution is -2.37. The quantitative estimate of drug-likeness (QED) is 0.721. The molecule has 0 aromatic heterocycles. The van der Waals surface area contributed by atoms with Gasteiger partial charge in [-0.1, -0.05) is 11.6 Å². The lowest BCUT2D eigenvalue weighted by atomic mass is 10.1. The molecule has 1 aromatic rings. The number of ether oxygens (including phenoxy) is 1. The second-order valence-electron chi connectivity index (χ2n) is 4.24. The molecule has 0 radical (unpaired) electrons. The summed E-state index contributed by atoms with van der Waals surface area (Å²) in [5.74, 6) is 0.455. The zero-order valence-corrected chi connectivity index (χ0v) is 12.9. The largest absolute Gasteiger partial charge is 0.504 e. The lowest BCUT2D eigenvalue weighted by Gasteiger charge is -2.22. The maximum Gasteiger partial charge on any atom is 0.162 e. The van der Waals surface area contributed by atoms with Crippen LogP contribution in [-0.4, -0.2) is 41.5 Å². The summed E-state index contributed by atoms with van der Waals surface area (Å²) in [6.45, 7) is 2.57. The molecule has 4 nitrogen and oxygen atoms in total. The van der Waals surface area contributed by atoms with Gasteiger partial charge in [-0.2, -0.15) is 11.8 Å². The molecule has 0 amide bonds. The van der Waals surface area contributed by atoms with Crippen LogP contribution in [0, 0.1) is 0 Å². The minimum Gasteiger partial charge on any atom is -0.504 e. The minimum atomic E-state index is 0.0938. The van der Waals surface area contributed by atoms with Gasteiger partial charge in [-0.3, -0.25) is 0 Å². The van der Waals surface area contributed by atoms with E-state index in [1.54, 1.807) is 23.9 Å². The van der Waals surface area contributed by atoms with E-state index in [1.165, 1.54) is 7.11 Å². The van der Waals surface area contributed by atoms with Crippen LogP contribution in [0.1, 0.15) is 12.5 Å². The smallest absolute Gasteiger partial charge is 0.162 e. The zero-order chi connectivity index (χ0) is 14.4. The Morgan fingerprint density at radius 3 is 2.68 bits per heavy atom. The van der Waals surface area contributed by atoms with Crippen molar-refractivity contribution in [2.75, 3.05) is 20.0 Å². The van der Waals surface area contributed by atoms with Gasteiger partial charge in [-0.05, 0) is 19.2 Å². The van der Waals surface area contributed by atoms with E-state index in [0.717, 1.165) is 0 Å². The molecule has 19 heavy (non-hydrogen) atoms. The highest BCUT2D eigenvalue weighted by Gasteiger charge is 2.16. The number of rotatable bonds is 7. The van der Waals surface area contributed by atoms with Crippen LogP contribution in [0.25, 0.3) is 0 Å². The van der Waals surface area contributed by atoms with Gasteiger partial charge in [0.05, 0.1) is 13.7 Å². The number of hydrogen-bond donors (Lipinski definition) is 3. The van der Waals surface area contributed by atoms with Crippen molar-refractivity contribution in [3.63, 3.8) is 0 Å². The lowest BCUT2D eigenvalue weighted by molar-refractivity contribution is 0.275. The molecule has 0 aliphatic heterocycles. The number of aromatic hydroxyl groups is 1. The van der Waals surface area contributed by atoms with E-state index < -0.39 is 0 Å². The van der Waals surface area contributed by atoms with Crippen LogP contribution in [0.5, 0.6) is 11.5 Å². The molecular weight excluding hydrogens is 286 g/mol. The fourth-order valence-electron chi connectivity index (χ4n) is 1.76. The van der Waals surface area contributed by atoms with Gasteiger partial charge >= 0.3 is 0 Å². The summed E-state index contributed by atoms with van der Waals surface area (Å²) in [5.41, 5.74) is 0.675. The first-order valence-corrected chi connectivity index (χ1v) is 7.62. The Morgan fingerprint density at radius 2 is 2.16 bits per heavy atom. The zero-order valence-electron chi connectivity index (χ0n) is 11.3. The number of aliphatic hydroxyl groups excluding tert-OH is 1. The molecule has 1 rings (SSSR count). The summed E-state index contributed by atoms with van der Waals surface area (Å²) >= 11 is 7.57. The fraction of sp³-hybridized carbons (Fsp3) is 0.538. The van der Waals surface area contributed by atoms with E-state index in [2.05, 4.69) is 5.32 Å². The number of nitrogens with one attached hydrogen (secondary N) is 1. The standard InChI is InChI=1S/C13H20ClNO3S/c1-8(12(7-16)19-3)15-6-9-4-10(14)5-11(18-2)13(9)17/h4-5,8,12,15-17H,6-7H2,1-3H3. The number of aliphatic hydroxyl groups is 1. The third kappa shape index (κ3) is 4.45. The molecule has 0 spiro atoms. The van der Waals surface area contributed by atoms with Crippen LogP contribution < -0.4 is 10.1 Å². The maximum absolute atomic E-state index is 10.0. The Kier molecular flexibility index (Phi) is 6.79. The number of hydrogen-bond acceptors (Lipinski definition) is 5. The Balaban J connectivity index is 2.75. The van der Waals surface area contributed by atoms with E-state index in [9.17, 15) is 10.2 Å². The van der Waals surface area contributed by atoms with Gasteiger partial charge in [-0.15, -0.1) is 0 Å². The summed E-state index contributed by atoms with van der Waals surface area (Å²) in [6.07, 6.45) is 1.96. The molecule has 0 fully saturated rings. The molecule has 3 N–H and O–H groups in total. The van der Waals surface area contributed by atoms with Gasteiger partial charge in [-0.25, -0.2) is 0 Å². The Bertz CT molecular complexity index is 413. The summed E-state index contributed by atoms with van der Waals surface area (Å²) < 4.78 is 5.06. The van der Waals surface area contributed by atoms with Crippen molar-refractivity contribution in [1.82, 2.24) is 5.32 Å². The van der Waals surface area contributed by atoms with Crippen molar-refractivity contribution in [3.8, 4) is 11.5 Å². The highest BCUT2D eigenvalue weighted by molar-refractivity contribution is 7.99. The number of phenolic OH excluding ortho intramolecular Hbond substituents is 1. The van der Waals surface area contributed by atoms with Crippen molar-refractivity contribution < 1.29 is 14.9 Å². The highest BCUT2D eigenvalue weighted by Crippen LogP contribution is 2.33. The fourth-order valence-corrected chi connectivity index (χ4v) is 2.64. The van der Waals surface area contributed by atoms with E-state index in [0.29, 0.717) is 22.9 Å². The molecule has 0 saturated heterocycles. The van der Waals surface area contributed by atoms with Gasteiger partial charge in [0, 0.05) is 34.5 Å². The SMILES string of the molecule is COc1cc(Cl)cc(CNC(C)C(CO)SC)c1O. The van der Waals surface area contributed by atoms with Crippen LogP contribution >= 0.6 is 23.4 Å². The van der Waals surface area contributed by atoms with Crippen LogP contribution in [0.4, 0.5) is 0 Å². The monoisotopic (exact) mass is 305 g/mol. The Labute approximate surface area is 123 Å². The van der Waals surface area contributed by atoms with Gasteiger partial charge in [0.1, 0.15) is 0 Å². The minimum absolute atomic E-state index is 0.0938. The van der Waals surface area contributed by atoms with Crippen LogP contribution in [0.15, 0.2) is 12.1 Å². The van der Waals surface area contributed by atoms with Crippen molar-refractivity contribution in [1.29, 1.82) is 0 Å². The first-order chi connectivity index (χ1) is 9.03. The van der Waals surface area contributed by atoms with E-state index in [4.69, 9.17) is 16.3 Å². The molecule has 0 heterocycles. The summed E-state index contributed by atoms with van der Waals surface area (Å²) in [7, 11) is 1.49. The topological polar surface area (TPSA) is 61.7 Å². The van der Waals surface area contributed by atoms with Gasteiger partial charge < -0.3 is 20.3 Å². The van der Waals surface area contributed by atoms with Crippen LogP contribution in [0.2, 0.25) is 5.02 Å². The predicted octanol–water partition coefficient (Wildman–Crippen LogP) is 2.26. The number of methoxy groups -OCH3 is 1. The number of halogens is 1. The second kappa shape index (κ2) is 7.85. The van der Waals surface area contributed by atoms with Crippen LogP contribution in [0.3, 0.4) is 0 Å². The first-order valence-electron chi connectivity index (χ1n) is 5.95. The van der Waals surface area contributed by atoms with E-state index >= 15 is 0 Å². The van der Waals surface area contributed by atoms with Crippen molar-refractivity contribution in [2.45, 2.75) is 24.8 Å². The third-order valence-electron chi connectivity index (χ3n) is 2.99. The Hall–Kier alpha value is -0.620. The third-order valence-corrected chi connectivity index (χ3v) is 4.37. The predicted molar refractivity (Wildman–Crippen MR) is 80.4 cm³/mol. The van der Waals surface area contributed by atoms with Gasteiger partial charge in [0.2, 0.25) is 0 Å². The second-order valence-corrected chi connectivity index (χ2v) is 5.76. The molecule has 0 bridgehead atoms. The van der Waals surface area contributed by atoms with Gasteiger partial charge in [0.25, 0.3) is 0 Å². The molecular formula is C13H20ClNO3S. The normalized spacial score (nSPS) is 14.2. The molecule has 0 aliphatic rings. The molecule has 0 saturated carbocycles. The number of benzene rings is 1. The van der Waals surface area contributed by atoms with Crippen molar-refractivity contribution >= 4 is 23.4 Å². The highest BCUT2D eigenvalue weighted by atomic mass is 35.5. The van der Waals surface area contributed by atoms with Crippen LogP contribution in [-0.2, 0) is 6.54 Å². The van der Waals surface area contributed by atoms with E-state index in [1.807, 2.05) is 13.2 Å². The van der Waals surface area contributed by atoms with Crippen molar-refractivity contribution in [3.05, 3.63) is 22.7 Å². The molecule has 2 atom stereocenters. The summed E-state index contributed by atoms with van der Waals surface area (Å²) in [5, 5.41) is 23.1. The Morgan fingerprint density at radius 1 is 1.47 bits per heavy atom. The first kappa shape index (κ1) is 16.4. The van der Waals surface area contributed by atoms with E-state index in [-0.39, 0.29) is 23.6 Å². The van der Waals surface area contributed by atoms with Gasteiger partial charge in [0.15, 0.2) is 11.5 Å². The average Bonchev–Trinajstić information content (AvgIpc) is 2.40. The molecule has 2 unspecified atom stereocenters. The number of phenols is 1. The maximum atomic E-state index is 10.0. The molecule has 0 aliphatic carbocycles. The van der Waals surface area contributed by atoms with Crippen molar-refractivity contribution in [2.24, 2.45) is 0 Å². The molecule has 108 valence electrons. The average molecular weight is 306 g/mol. The molecule has 1 aromatic carbocycles.